The Morgan fingerprint density at radius 1 is 1.16 bits per heavy atom. The van der Waals surface area contributed by atoms with Crippen molar-refractivity contribution >= 4 is 11.7 Å². The highest BCUT2D eigenvalue weighted by Gasteiger charge is 2.18. The van der Waals surface area contributed by atoms with Gasteiger partial charge in [-0.1, -0.05) is 25.0 Å². The molecule has 6 heteroatoms. The van der Waals surface area contributed by atoms with E-state index in [0.29, 0.717) is 12.6 Å². The fourth-order valence-electron chi connectivity index (χ4n) is 3.47. The van der Waals surface area contributed by atoms with Crippen molar-refractivity contribution < 1.29 is 9.53 Å². The molecule has 1 aromatic rings. The van der Waals surface area contributed by atoms with Crippen LogP contribution in [0.5, 0.6) is 5.75 Å². The SMILES string of the molecule is CN1CCN(CCOc2ccccc2NC(=O)NC2CCCC2)CC1. The number of para-hydroxylation sites is 2. The Hall–Kier alpha value is -1.79. The second-order valence-electron chi connectivity index (χ2n) is 7.07. The molecule has 2 N–H and O–H groups in total. The van der Waals surface area contributed by atoms with E-state index in [2.05, 4.69) is 27.5 Å². The zero-order valence-electron chi connectivity index (χ0n) is 15.2. The van der Waals surface area contributed by atoms with Crippen LogP contribution in [0.3, 0.4) is 0 Å². The summed E-state index contributed by atoms with van der Waals surface area (Å²) in [7, 11) is 2.16. The van der Waals surface area contributed by atoms with Gasteiger partial charge in [0.2, 0.25) is 0 Å². The molecule has 25 heavy (non-hydrogen) atoms. The number of nitrogens with zero attached hydrogens (tertiary/aromatic N) is 2. The molecule has 1 saturated carbocycles. The predicted molar refractivity (Wildman–Crippen MR) is 100 cm³/mol. The fourth-order valence-corrected chi connectivity index (χ4v) is 3.47. The Bertz CT molecular complexity index is 552. The summed E-state index contributed by atoms with van der Waals surface area (Å²) in [4.78, 5) is 16.9. The van der Waals surface area contributed by atoms with Crippen LogP contribution in [-0.2, 0) is 0 Å². The first-order valence-electron chi connectivity index (χ1n) is 9.41. The molecule has 1 aromatic carbocycles. The van der Waals surface area contributed by atoms with Gasteiger partial charge in [0.15, 0.2) is 0 Å². The molecule has 0 aromatic heterocycles. The Balaban J connectivity index is 1.46. The van der Waals surface area contributed by atoms with Crippen LogP contribution >= 0.6 is 0 Å². The van der Waals surface area contributed by atoms with Crippen molar-refractivity contribution in [3.8, 4) is 5.75 Å². The number of anilines is 1. The third kappa shape index (κ3) is 5.61. The minimum absolute atomic E-state index is 0.137. The van der Waals surface area contributed by atoms with E-state index in [-0.39, 0.29) is 6.03 Å². The smallest absolute Gasteiger partial charge is 0.319 e. The van der Waals surface area contributed by atoms with Crippen molar-refractivity contribution in [2.45, 2.75) is 31.7 Å². The maximum Gasteiger partial charge on any atom is 0.319 e. The Labute approximate surface area is 150 Å². The summed E-state index contributed by atoms with van der Waals surface area (Å²) < 4.78 is 5.94. The molecule has 2 fully saturated rings. The molecule has 2 aliphatic rings. The molecule has 0 spiro atoms. The number of hydrogen-bond donors (Lipinski definition) is 2. The van der Waals surface area contributed by atoms with Gasteiger partial charge in [0, 0.05) is 38.8 Å². The van der Waals surface area contributed by atoms with E-state index in [1.165, 1.54) is 12.8 Å². The molecule has 1 aliphatic heterocycles. The third-order valence-electron chi connectivity index (χ3n) is 5.09. The summed E-state index contributed by atoms with van der Waals surface area (Å²) >= 11 is 0. The molecule has 138 valence electrons. The standard InChI is InChI=1S/C19H30N4O2/c1-22-10-12-23(13-11-22)14-15-25-18-9-5-4-8-17(18)21-19(24)20-16-6-2-3-7-16/h4-5,8-9,16H,2-3,6-7,10-15H2,1H3,(H2,20,21,24). The number of nitrogens with one attached hydrogen (secondary N) is 2. The van der Waals surface area contributed by atoms with Crippen molar-refractivity contribution in [2.24, 2.45) is 0 Å². The van der Waals surface area contributed by atoms with E-state index >= 15 is 0 Å². The van der Waals surface area contributed by atoms with E-state index in [1.54, 1.807) is 0 Å². The number of urea groups is 1. The van der Waals surface area contributed by atoms with Gasteiger partial charge in [-0.25, -0.2) is 4.79 Å². The number of ether oxygens (including phenoxy) is 1. The van der Waals surface area contributed by atoms with Crippen molar-refractivity contribution in [3.63, 3.8) is 0 Å². The lowest BCUT2D eigenvalue weighted by Crippen LogP contribution is -2.45. The van der Waals surface area contributed by atoms with Crippen molar-refractivity contribution in [3.05, 3.63) is 24.3 Å². The van der Waals surface area contributed by atoms with Gasteiger partial charge in [-0.05, 0) is 32.0 Å². The summed E-state index contributed by atoms with van der Waals surface area (Å²) in [5.41, 5.74) is 0.733. The maximum absolute atomic E-state index is 12.2. The highest BCUT2D eigenvalue weighted by atomic mass is 16.5. The number of rotatable bonds is 6. The average molecular weight is 346 g/mol. The van der Waals surface area contributed by atoms with Crippen LogP contribution in [0.25, 0.3) is 0 Å². The van der Waals surface area contributed by atoms with Gasteiger partial charge in [0.1, 0.15) is 12.4 Å². The zero-order valence-corrected chi connectivity index (χ0v) is 15.2. The molecular weight excluding hydrogens is 316 g/mol. The minimum atomic E-state index is -0.137. The molecule has 0 atom stereocenters. The first-order valence-corrected chi connectivity index (χ1v) is 9.41. The minimum Gasteiger partial charge on any atom is -0.490 e. The van der Waals surface area contributed by atoms with Gasteiger partial charge in [-0.3, -0.25) is 4.90 Å². The largest absolute Gasteiger partial charge is 0.490 e. The number of carbonyl (C=O) groups excluding carboxylic acids is 1. The molecular formula is C19H30N4O2. The lowest BCUT2D eigenvalue weighted by molar-refractivity contribution is 0.134. The summed E-state index contributed by atoms with van der Waals surface area (Å²) in [6.07, 6.45) is 4.57. The number of carbonyl (C=O) groups is 1. The quantitative estimate of drug-likeness (QED) is 0.830. The number of piperazine rings is 1. The topological polar surface area (TPSA) is 56.8 Å². The Kier molecular flexibility index (Phi) is 6.53. The molecule has 6 nitrogen and oxygen atoms in total. The summed E-state index contributed by atoms with van der Waals surface area (Å²) in [6, 6.07) is 7.82. The van der Waals surface area contributed by atoms with Crippen molar-refractivity contribution in [2.75, 3.05) is 51.7 Å². The summed E-state index contributed by atoms with van der Waals surface area (Å²) in [5.74, 6) is 0.734. The number of likely N-dealkylation sites (N-methyl/N-ethyl adjacent to an activating group) is 1. The van der Waals surface area contributed by atoms with E-state index in [4.69, 9.17) is 4.74 Å². The Morgan fingerprint density at radius 2 is 1.88 bits per heavy atom. The molecule has 1 aliphatic carbocycles. The highest BCUT2D eigenvalue weighted by molar-refractivity contribution is 5.91. The fraction of sp³-hybridized carbons (Fsp3) is 0.632. The van der Waals surface area contributed by atoms with Gasteiger partial charge < -0.3 is 20.3 Å². The molecule has 0 bridgehead atoms. The molecule has 0 radical (unpaired) electrons. The lowest BCUT2D eigenvalue weighted by atomic mass is 10.2. The predicted octanol–water partition coefficient (Wildman–Crippen LogP) is 2.38. The molecule has 3 rings (SSSR count). The number of hydrogen-bond acceptors (Lipinski definition) is 4. The van der Waals surface area contributed by atoms with Crippen molar-refractivity contribution in [1.82, 2.24) is 15.1 Å². The van der Waals surface area contributed by atoms with Crippen molar-refractivity contribution in [1.29, 1.82) is 0 Å². The van der Waals surface area contributed by atoms with Crippen LogP contribution in [-0.4, -0.2) is 68.3 Å². The van der Waals surface area contributed by atoms with Crippen LogP contribution in [0, 0.1) is 0 Å². The Morgan fingerprint density at radius 3 is 2.64 bits per heavy atom. The third-order valence-corrected chi connectivity index (χ3v) is 5.09. The summed E-state index contributed by atoms with van der Waals surface area (Å²) in [6.45, 7) is 5.94. The molecule has 2 amide bonds. The number of benzene rings is 1. The maximum atomic E-state index is 12.2. The second kappa shape index (κ2) is 9.06. The first-order chi connectivity index (χ1) is 12.2. The van der Waals surface area contributed by atoms with Gasteiger partial charge >= 0.3 is 6.03 Å². The van der Waals surface area contributed by atoms with Crippen LogP contribution < -0.4 is 15.4 Å². The van der Waals surface area contributed by atoms with Gasteiger partial charge in [-0.2, -0.15) is 0 Å². The van der Waals surface area contributed by atoms with Crippen LogP contribution in [0.4, 0.5) is 10.5 Å². The highest BCUT2D eigenvalue weighted by Crippen LogP contribution is 2.24. The van der Waals surface area contributed by atoms with Crippen LogP contribution in [0.15, 0.2) is 24.3 Å². The second-order valence-corrected chi connectivity index (χ2v) is 7.07. The lowest BCUT2D eigenvalue weighted by Gasteiger charge is -2.32. The normalized spacial score (nSPS) is 19.7. The van der Waals surface area contributed by atoms with Gasteiger partial charge in [0.25, 0.3) is 0 Å². The van der Waals surface area contributed by atoms with Gasteiger partial charge in [0.05, 0.1) is 5.69 Å². The van der Waals surface area contributed by atoms with E-state index < -0.39 is 0 Å². The van der Waals surface area contributed by atoms with Gasteiger partial charge in [-0.15, -0.1) is 0 Å². The number of amides is 2. The average Bonchev–Trinajstić information content (AvgIpc) is 3.11. The monoisotopic (exact) mass is 346 g/mol. The molecule has 1 heterocycles. The van der Waals surface area contributed by atoms with E-state index in [1.807, 2.05) is 24.3 Å². The molecule has 0 unspecified atom stereocenters. The zero-order chi connectivity index (χ0) is 17.5. The molecule has 1 saturated heterocycles. The summed E-state index contributed by atoms with van der Waals surface area (Å²) in [5, 5.41) is 5.98. The van der Waals surface area contributed by atoms with Crippen LogP contribution in [0.1, 0.15) is 25.7 Å². The first kappa shape index (κ1) is 18.0. The van der Waals surface area contributed by atoms with E-state index in [0.717, 1.165) is 57.0 Å². The van der Waals surface area contributed by atoms with Crippen LogP contribution in [0.2, 0.25) is 0 Å². The van der Waals surface area contributed by atoms with E-state index in [9.17, 15) is 4.79 Å².